The predicted molar refractivity (Wildman–Crippen MR) is 70.4 cm³/mol. The summed E-state index contributed by atoms with van der Waals surface area (Å²) in [7, 11) is 1.38. The topological polar surface area (TPSA) is 56.8 Å². The molecular formula is C14H19NO4. The van der Waals surface area contributed by atoms with Crippen molar-refractivity contribution in [1.82, 2.24) is 5.32 Å². The summed E-state index contributed by atoms with van der Waals surface area (Å²) in [6.45, 7) is 3.70. The maximum absolute atomic E-state index is 11.3. The van der Waals surface area contributed by atoms with Crippen LogP contribution in [0.15, 0.2) is 18.2 Å². The Morgan fingerprint density at radius 3 is 2.84 bits per heavy atom. The van der Waals surface area contributed by atoms with Crippen LogP contribution >= 0.6 is 0 Å². The first-order valence-electron chi connectivity index (χ1n) is 6.40. The van der Waals surface area contributed by atoms with Gasteiger partial charge in [0.2, 0.25) is 0 Å². The number of hydrogen-bond donors (Lipinski definition) is 1. The van der Waals surface area contributed by atoms with E-state index in [4.69, 9.17) is 9.47 Å². The van der Waals surface area contributed by atoms with Gasteiger partial charge < -0.3 is 19.5 Å². The van der Waals surface area contributed by atoms with E-state index in [-0.39, 0.29) is 12.0 Å². The lowest BCUT2D eigenvalue weighted by atomic mass is 10.2. The average molecular weight is 265 g/mol. The molecular weight excluding hydrogens is 246 g/mol. The van der Waals surface area contributed by atoms with E-state index in [0.717, 1.165) is 23.5 Å². The van der Waals surface area contributed by atoms with Crippen LogP contribution in [0.5, 0.6) is 11.5 Å². The third kappa shape index (κ3) is 3.61. The normalized spacial score (nSPS) is 15.5. The van der Waals surface area contributed by atoms with E-state index in [0.29, 0.717) is 19.8 Å². The van der Waals surface area contributed by atoms with Crippen LogP contribution in [0, 0.1) is 0 Å². The van der Waals surface area contributed by atoms with Gasteiger partial charge in [-0.1, -0.05) is 6.07 Å². The Hall–Kier alpha value is -1.75. The van der Waals surface area contributed by atoms with E-state index in [1.54, 1.807) is 6.92 Å². The van der Waals surface area contributed by atoms with E-state index in [1.807, 2.05) is 18.2 Å². The number of carbonyl (C=O) groups is 1. The Kier molecular flexibility index (Phi) is 4.63. The maximum atomic E-state index is 11.3. The van der Waals surface area contributed by atoms with Crippen molar-refractivity contribution >= 4 is 5.97 Å². The van der Waals surface area contributed by atoms with Crippen LogP contribution in [0.3, 0.4) is 0 Å². The number of methoxy groups -OCH3 is 1. The van der Waals surface area contributed by atoms with Crippen molar-refractivity contribution in [3.8, 4) is 11.5 Å². The Bertz CT molecular complexity index is 447. The minimum Gasteiger partial charge on any atom is -0.490 e. The van der Waals surface area contributed by atoms with Crippen molar-refractivity contribution in [2.75, 3.05) is 20.3 Å². The van der Waals surface area contributed by atoms with Gasteiger partial charge in [-0.2, -0.15) is 0 Å². The monoisotopic (exact) mass is 265 g/mol. The molecule has 1 unspecified atom stereocenters. The Balaban J connectivity index is 1.98. The van der Waals surface area contributed by atoms with Gasteiger partial charge in [0.05, 0.1) is 20.3 Å². The molecule has 0 radical (unpaired) electrons. The summed E-state index contributed by atoms with van der Waals surface area (Å²) in [5, 5.41) is 3.10. The fraction of sp³-hybridized carbons (Fsp3) is 0.500. The maximum Gasteiger partial charge on any atom is 0.322 e. The van der Waals surface area contributed by atoms with E-state index in [1.165, 1.54) is 7.11 Å². The Morgan fingerprint density at radius 2 is 2.11 bits per heavy atom. The number of nitrogens with one attached hydrogen (secondary N) is 1. The van der Waals surface area contributed by atoms with Gasteiger partial charge in [0.1, 0.15) is 6.04 Å². The fourth-order valence-electron chi connectivity index (χ4n) is 1.85. The lowest BCUT2D eigenvalue weighted by Crippen LogP contribution is -2.34. The van der Waals surface area contributed by atoms with Crippen molar-refractivity contribution in [2.45, 2.75) is 25.9 Å². The molecule has 0 amide bonds. The zero-order valence-electron chi connectivity index (χ0n) is 11.3. The molecule has 5 nitrogen and oxygen atoms in total. The molecule has 1 atom stereocenters. The molecule has 5 heteroatoms. The molecule has 19 heavy (non-hydrogen) atoms. The molecule has 1 heterocycles. The molecule has 0 saturated carbocycles. The molecule has 0 aliphatic carbocycles. The highest BCUT2D eigenvalue weighted by molar-refractivity contribution is 5.75. The van der Waals surface area contributed by atoms with Crippen LogP contribution in [0.4, 0.5) is 0 Å². The highest BCUT2D eigenvalue weighted by atomic mass is 16.5. The van der Waals surface area contributed by atoms with Gasteiger partial charge in [-0.05, 0) is 24.6 Å². The van der Waals surface area contributed by atoms with Gasteiger partial charge in [-0.15, -0.1) is 0 Å². The van der Waals surface area contributed by atoms with Crippen LogP contribution in [0.1, 0.15) is 18.9 Å². The summed E-state index contributed by atoms with van der Waals surface area (Å²) in [6.07, 6.45) is 0.891. The molecule has 1 aliphatic heterocycles. The van der Waals surface area contributed by atoms with Gasteiger partial charge in [-0.3, -0.25) is 4.79 Å². The molecule has 1 aromatic rings. The van der Waals surface area contributed by atoms with Crippen LogP contribution in [-0.4, -0.2) is 32.3 Å². The third-order valence-corrected chi connectivity index (χ3v) is 2.98. The van der Waals surface area contributed by atoms with Gasteiger partial charge in [0.25, 0.3) is 0 Å². The summed E-state index contributed by atoms with van der Waals surface area (Å²) >= 11 is 0. The second kappa shape index (κ2) is 6.43. The van der Waals surface area contributed by atoms with Crippen molar-refractivity contribution in [1.29, 1.82) is 0 Å². The summed E-state index contributed by atoms with van der Waals surface area (Å²) in [6, 6.07) is 5.48. The van der Waals surface area contributed by atoms with Gasteiger partial charge in [0.15, 0.2) is 11.5 Å². The minimum absolute atomic E-state index is 0.269. The molecule has 0 saturated heterocycles. The Labute approximate surface area is 112 Å². The smallest absolute Gasteiger partial charge is 0.322 e. The number of rotatable bonds is 4. The number of benzene rings is 1. The van der Waals surface area contributed by atoms with Gasteiger partial charge in [0, 0.05) is 13.0 Å². The highest BCUT2D eigenvalue weighted by Gasteiger charge is 2.14. The first kappa shape index (κ1) is 13.7. The quantitative estimate of drug-likeness (QED) is 0.836. The summed E-state index contributed by atoms with van der Waals surface area (Å²) < 4.78 is 15.8. The van der Waals surface area contributed by atoms with Crippen LogP contribution in [0.2, 0.25) is 0 Å². The first-order valence-corrected chi connectivity index (χ1v) is 6.40. The van der Waals surface area contributed by atoms with Crippen molar-refractivity contribution in [3.05, 3.63) is 23.8 Å². The van der Waals surface area contributed by atoms with E-state index < -0.39 is 0 Å². The number of hydrogen-bond acceptors (Lipinski definition) is 5. The lowest BCUT2D eigenvalue weighted by molar-refractivity contribution is -0.142. The molecule has 0 bridgehead atoms. The van der Waals surface area contributed by atoms with Crippen LogP contribution in [-0.2, 0) is 16.1 Å². The predicted octanol–water partition coefficient (Wildman–Crippen LogP) is 1.50. The van der Waals surface area contributed by atoms with E-state index >= 15 is 0 Å². The number of ether oxygens (including phenoxy) is 3. The number of fused-ring (bicyclic) bond motifs is 1. The molecule has 1 N–H and O–H groups in total. The summed E-state index contributed by atoms with van der Waals surface area (Å²) in [4.78, 5) is 11.3. The molecule has 0 aromatic heterocycles. The molecule has 0 spiro atoms. The SMILES string of the molecule is COC(=O)C(C)NCc1ccc2c(c1)OCCCO2. The lowest BCUT2D eigenvalue weighted by Gasteiger charge is -2.13. The second-order valence-corrected chi connectivity index (χ2v) is 4.46. The van der Waals surface area contributed by atoms with Crippen molar-refractivity contribution in [3.63, 3.8) is 0 Å². The van der Waals surface area contributed by atoms with Crippen LogP contribution in [0.25, 0.3) is 0 Å². The highest BCUT2D eigenvalue weighted by Crippen LogP contribution is 2.30. The number of carbonyl (C=O) groups excluding carboxylic acids is 1. The number of esters is 1. The van der Waals surface area contributed by atoms with Crippen molar-refractivity contribution < 1.29 is 19.0 Å². The molecule has 1 aliphatic rings. The molecule has 0 fully saturated rings. The molecule has 104 valence electrons. The van der Waals surface area contributed by atoms with E-state index in [9.17, 15) is 4.79 Å². The first-order chi connectivity index (χ1) is 9.20. The summed E-state index contributed by atoms with van der Waals surface area (Å²) in [5.41, 5.74) is 1.04. The fourth-order valence-corrected chi connectivity index (χ4v) is 1.85. The van der Waals surface area contributed by atoms with Crippen molar-refractivity contribution in [2.24, 2.45) is 0 Å². The molecule has 2 rings (SSSR count). The third-order valence-electron chi connectivity index (χ3n) is 2.98. The average Bonchev–Trinajstić information content (AvgIpc) is 2.68. The summed E-state index contributed by atoms with van der Waals surface area (Å²) in [5.74, 6) is 1.28. The van der Waals surface area contributed by atoms with Gasteiger partial charge >= 0.3 is 5.97 Å². The van der Waals surface area contributed by atoms with E-state index in [2.05, 4.69) is 10.1 Å². The molecule has 1 aromatic carbocycles. The zero-order valence-corrected chi connectivity index (χ0v) is 11.3. The minimum atomic E-state index is -0.332. The zero-order chi connectivity index (χ0) is 13.7. The Morgan fingerprint density at radius 1 is 1.37 bits per heavy atom. The second-order valence-electron chi connectivity index (χ2n) is 4.46. The largest absolute Gasteiger partial charge is 0.490 e. The standard InChI is InChI=1S/C14H19NO4/c1-10(14(16)17-2)15-9-11-4-5-12-13(8-11)19-7-3-6-18-12/h4-5,8,10,15H,3,6-7,9H2,1-2H3. The van der Waals surface area contributed by atoms with Crippen LogP contribution < -0.4 is 14.8 Å². The van der Waals surface area contributed by atoms with Gasteiger partial charge in [-0.25, -0.2) is 0 Å².